The third-order valence-electron chi connectivity index (χ3n) is 2.59. The number of hydrogen-bond acceptors (Lipinski definition) is 2. The summed E-state index contributed by atoms with van der Waals surface area (Å²) >= 11 is 13.0. The summed E-state index contributed by atoms with van der Waals surface area (Å²) < 4.78 is 13.3. The molecule has 0 amide bonds. The highest BCUT2D eigenvalue weighted by Gasteiger charge is 2.11. The van der Waals surface area contributed by atoms with Crippen molar-refractivity contribution in [1.29, 1.82) is 0 Å². The van der Waals surface area contributed by atoms with E-state index in [0.29, 0.717) is 11.3 Å². The molecule has 2 nitrogen and oxygen atoms in total. The van der Waals surface area contributed by atoms with E-state index in [9.17, 15) is 9.18 Å². The van der Waals surface area contributed by atoms with Crippen molar-refractivity contribution in [3.8, 4) is 0 Å². The third kappa shape index (κ3) is 3.45. The number of halogens is 3. The Hall–Kier alpha value is -1.23. The highest BCUT2D eigenvalue weighted by atomic mass is 35.5. The van der Waals surface area contributed by atoms with Gasteiger partial charge in [-0.05, 0) is 29.8 Å². The SMILES string of the molecule is O=C(O)c1cc(SCc2cccc(F)c2Cl)ccc1Cl. The Morgan fingerprint density at radius 3 is 2.70 bits per heavy atom. The van der Waals surface area contributed by atoms with E-state index in [-0.39, 0.29) is 15.6 Å². The minimum Gasteiger partial charge on any atom is -0.478 e. The summed E-state index contributed by atoms with van der Waals surface area (Å²) in [5.74, 6) is -1.11. The summed E-state index contributed by atoms with van der Waals surface area (Å²) in [6.45, 7) is 0. The van der Waals surface area contributed by atoms with Gasteiger partial charge in [-0.15, -0.1) is 11.8 Å². The van der Waals surface area contributed by atoms with E-state index in [2.05, 4.69) is 0 Å². The number of thioether (sulfide) groups is 1. The zero-order chi connectivity index (χ0) is 14.7. The van der Waals surface area contributed by atoms with Gasteiger partial charge in [0.2, 0.25) is 0 Å². The van der Waals surface area contributed by atoms with Crippen LogP contribution in [0.3, 0.4) is 0 Å². The molecular formula is C14H9Cl2FO2S. The zero-order valence-electron chi connectivity index (χ0n) is 10.1. The maximum atomic E-state index is 13.3. The molecule has 1 N–H and O–H groups in total. The van der Waals surface area contributed by atoms with Gasteiger partial charge in [-0.2, -0.15) is 0 Å². The van der Waals surface area contributed by atoms with Crippen LogP contribution in [0.2, 0.25) is 10.0 Å². The van der Waals surface area contributed by atoms with Crippen LogP contribution < -0.4 is 0 Å². The van der Waals surface area contributed by atoms with Crippen molar-refractivity contribution in [1.82, 2.24) is 0 Å². The van der Waals surface area contributed by atoms with Gasteiger partial charge in [0, 0.05) is 10.6 Å². The highest BCUT2D eigenvalue weighted by molar-refractivity contribution is 7.98. The topological polar surface area (TPSA) is 37.3 Å². The molecule has 0 aromatic heterocycles. The maximum absolute atomic E-state index is 13.3. The Morgan fingerprint density at radius 2 is 2.00 bits per heavy atom. The molecule has 0 saturated heterocycles. The van der Waals surface area contributed by atoms with Gasteiger partial charge in [-0.1, -0.05) is 35.3 Å². The summed E-state index contributed by atoms with van der Waals surface area (Å²) in [4.78, 5) is 11.7. The lowest BCUT2D eigenvalue weighted by Crippen LogP contribution is -1.97. The predicted molar refractivity (Wildman–Crippen MR) is 79.4 cm³/mol. The van der Waals surface area contributed by atoms with E-state index in [4.69, 9.17) is 28.3 Å². The quantitative estimate of drug-likeness (QED) is 0.790. The maximum Gasteiger partial charge on any atom is 0.337 e. The number of benzene rings is 2. The van der Waals surface area contributed by atoms with Crippen LogP contribution in [-0.4, -0.2) is 11.1 Å². The second-order valence-corrected chi connectivity index (χ2v) is 5.78. The number of carboxylic acids is 1. The van der Waals surface area contributed by atoms with E-state index in [1.165, 1.54) is 30.0 Å². The van der Waals surface area contributed by atoms with Crippen molar-refractivity contribution < 1.29 is 14.3 Å². The van der Waals surface area contributed by atoms with Crippen LogP contribution >= 0.6 is 35.0 Å². The molecule has 0 heterocycles. The van der Waals surface area contributed by atoms with Gasteiger partial charge in [0.15, 0.2) is 0 Å². The average molecular weight is 331 g/mol. The summed E-state index contributed by atoms with van der Waals surface area (Å²) in [6, 6.07) is 9.34. The number of carbonyl (C=O) groups is 1. The molecule has 0 saturated carbocycles. The van der Waals surface area contributed by atoms with Crippen molar-refractivity contribution in [2.75, 3.05) is 0 Å². The molecule has 0 unspecified atom stereocenters. The van der Waals surface area contributed by atoms with Crippen LogP contribution in [0.1, 0.15) is 15.9 Å². The standard InChI is InChI=1S/C14H9Cl2FO2S/c15-11-5-4-9(6-10(11)14(18)19)20-7-8-2-1-3-12(17)13(8)16/h1-6H,7H2,(H,18,19). The molecule has 0 atom stereocenters. The molecular weight excluding hydrogens is 322 g/mol. The van der Waals surface area contributed by atoms with Gasteiger partial charge in [0.25, 0.3) is 0 Å². The van der Waals surface area contributed by atoms with Crippen LogP contribution in [-0.2, 0) is 5.75 Å². The fourth-order valence-corrected chi connectivity index (χ4v) is 2.98. The lowest BCUT2D eigenvalue weighted by Gasteiger charge is -2.06. The summed E-state index contributed by atoms with van der Waals surface area (Å²) in [5, 5.41) is 9.27. The third-order valence-corrected chi connectivity index (χ3v) is 4.39. The number of aromatic carboxylic acids is 1. The highest BCUT2D eigenvalue weighted by Crippen LogP contribution is 2.30. The monoisotopic (exact) mass is 330 g/mol. The van der Waals surface area contributed by atoms with Gasteiger partial charge in [0.1, 0.15) is 5.82 Å². The lowest BCUT2D eigenvalue weighted by molar-refractivity contribution is 0.0697. The van der Waals surface area contributed by atoms with Gasteiger partial charge in [-0.3, -0.25) is 0 Å². The van der Waals surface area contributed by atoms with Crippen LogP contribution in [0.4, 0.5) is 4.39 Å². The minimum atomic E-state index is -1.08. The normalized spacial score (nSPS) is 10.6. The molecule has 0 aliphatic heterocycles. The first-order valence-electron chi connectivity index (χ1n) is 5.57. The molecule has 0 radical (unpaired) electrons. The van der Waals surface area contributed by atoms with Crippen molar-refractivity contribution in [2.45, 2.75) is 10.6 Å². The lowest BCUT2D eigenvalue weighted by atomic mass is 10.2. The number of hydrogen-bond donors (Lipinski definition) is 1. The zero-order valence-corrected chi connectivity index (χ0v) is 12.4. The second kappa shape index (κ2) is 6.48. The van der Waals surface area contributed by atoms with E-state index in [1.807, 2.05) is 0 Å². The summed E-state index contributed by atoms with van der Waals surface area (Å²) in [5.41, 5.74) is 0.700. The Labute approximate surface area is 129 Å². The number of rotatable bonds is 4. The van der Waals surface area contributed by atoms with Crippen molar-refractivity contribution in [3.05, 3.63) is 63.4 Å². The van der Waals surface area contributed by atoms with Crippen molar-refractivity contribution >= 4 is 40.9 Å². The van der Waals surface area contributed by atoms with Crippen LogP contribution in [0.15, 0.2) is 41.3 Å². The molecule has 0 spiro atoms. The molecule has 0 aliphatic rings. The predicted octanol–water partition coefficient (Wildman–Crippen LogP) is 5.12. The molecule has 2 aromatic carbocycles. The first kappa shape index (κ1) is 15.2. The van der Waals surface area contributed by atoms with E-state index in [0.717, 1.165) is 4.90 Å². The fourth-order valence-electron chi connectivity index (χ4n) is 1.58. The van der Waals surface area contributed by atoms with Crippen molar-refractivity contribution in [2.24, 2.45) is 0 Å². The Balaban J connectivity index is 2.17. The molecule has 6 heteroatoms. The summed E-state index contributed by atoms with van der Waals surface area (Å²) in [6.07, 6.45) is 0. The van der Waals surface area contributed by atoms with Gasteiger partial charge >= 0.3 is 5.97 Å². The van der Waals surface area contributed by atoms with Crippen LogP contribution in [0.25, 0.3) is 0 Å². The molecule has 2 rings (SSSR count). The molecule has 2 aromatic rings. The minimum absolute atomic E-state index is 0.0435. The van der Waals surface area contributed by atoms with E-state index >= 15 is 0 Å². The first-order chi connectivity index (χ1) is 9.49. The second-order valence-electron chi connectivity index (χ2n) is 3.95. The molecule has 0 bridgehead atoms. The molecule has 104 valence electrons. The van der Waals surface area contributed by atoms with Gasteiger partial charge in [-0.25, -0.2) is 9.18 Å². The van der Waals surface area contributed by atoms with E-state index < -0.39 is 11.8 Å². The Morgan fingerprint density at radius 1 is 1.25 bits per heavy atom. The first-order valence-corrected chi connectivity index (χ1v) is 7.31. The van der Waals surface area contributed by atoms with Crippen LogP contribution in [0, 0.1) is 5.82 Å². The number of carboxylic acid groups (broad SMARTS) is 1. The van der Waals surface area contributed by atoms with E-state index in [1.54, 1.807) is 18.2 Å². The molecule has 0 fully saturated rings. The Kier molecular flexibility index (Phi) is 4.91. The molecule has 20 heavy (non-hydrogen) atoms. The van der Waals surface area contributed by atoms with Crippen LogP contribution in [0.5, 0.6) is 0 Å². The molecule has 0 aliphatic carbocycles. The summed E-state index contributed by atoms with van der Waals surface area (Å²) in [7, 11) is 0. The van der Waals surface area contributed by atoms with Gasteiger partial charge in [0.05, 0.1) is 15.6 Å². The van der Waals surface area contributed by atoms with Gasteiger partial charge < -0.3 is 5.11 Å². The smallest absolute Gasteiger partial charge is 0.337 e. The average Bonchev–Trinajstić information content (AvgIpc) is 2.41. The van der Waals surface area contributed by atoms with Crippen molar-refractivity contribution in [3.63, 3.8) is 0 Å². The fraction of sp³-hybridized carbons (Fsp3) is 0.0714. The largest absolute Gasteiger partial charge is 0.478 e. The Bertz CT molecular complexity index is 662.